The Balaban J connectivity index is 1.51. The van der Waals surface area contributed by atoms with Crippen molar-refractivity contribution in [2.24, 2.45) is 0 Å². The lowest BCUT2D eigenvalue weighted by Crippen LogP contribution is -2.14. The number of carbonyl (C=O) groups is 1. The molecule has 1 aromatic carbocycles. The summed E-state index contributed by atoms with van der Waals surface area (Å²) < 4.78 is 5.55. The van der Waals surface area contributed by atoms with Crippen molar-refractivity contribution in [3.63, 3.8) is 0 Å². The third kappa shape index (κ3) is 5.02. The number of nitrogens with zero attached hydrogens (tertiary/aromatic N) is 4. The number of halogens is 2. The molecule has 0 bridgehead atoms. The molecular formula is C17H17Br2N5O. The average molecular weight is 467 g/mol. The Labute approximate surface area is 162 Å². The molecule has 25 heavy (non-hydrogen) atoms. The highest BCUT2D eigenvalue weighted by molar-refractivity contribution is 9.10. The van der Waals surface area contributed by atoms with Crippen molar-refractivity contribution in [3.05, 3.63) is 63.1 Å². The first kappa shape index (κ1) is 17.9. The van der Waals surface area contributed by atoms with Crippen molar-refractivity contribution in [2.75, 3.05) is 5.32 Å². The van der Waals surface area contributed by atoms with Crippen molar-refractivity contribution < 1.29 is 4.79 Å². The van der Waals surface area contributed by atoms with Gasteiger partial charge in [0.05, 0.1) is 28.6 Å². The van der Waals surface area contributed by atoms with Crippen LogP contribution < -0.4 is 5.32 Å². The molecule has 0 saturated heterocycles. The Morgan fingerprint density at radius 1 is 1.16 bits per heavy atom. The van der Waals surface area contributed by atoms with Crippen LogP contribution in [-0.2, 0) is 17.9 Å². The van der Waals surface area contributed by atoms with Gasteiger partial charge in [0, 0.05) is 29.8 Å². The molecule has 0 atom stereocenters. The van der Waals surface area contributed by atoms with E-state index in [1.165, 1.54) is 0 Å². The predicted octanol–water partition coefficient (Wildman–Crippen LogP) is 3.99. The summed E-state index contributed by atoms with van der Waals surface area (Å²) in [6.45, 7) is 3.11. The van der Waals surface area contributed by atoms with Crippen LogP contribution >= 0.6 is 31.9 Å². The Hall–Kier alpha value is -1.93. The molecule has 0 unspecified atom stereocenters. The Bertz CT molecular complexity index is 850. The molecule has 0 fully saturated rings. The van der Waals surface area contributed by atoms with Crippen LogP contribution in [0.4, 0.5) is 5.69 Å². The molecule has 0 spiro atoms. The van der Waals surface area contributed by atoms with Crippen LogP contribution in [0.3, 0.4) is 0 Å². The fraction of sp³-hybridized carbons (Fsp3) is 0.235. The summed E-state index contributed by atoms with van der Waals surface area (Å²) in [4.78, 5) is 12.1. The number of rotatable bonds is 6. The van der Waals surface area contributed by atoms with E-state index in [9.17, 15) is 4.79 Å². The van der Waals surface area contributed by atoms with Gasteiger partial charge in [0.1, 0.15) is 0 Å². The number of benzene rings is 1. The second-order valence-corrected chi connectivity index (χ2v) is 7.45. The molecule has 0 aliphatic rings. The van der Waals surface area contributed by atoms with Gasteiger partial charge in [-0.1, -0.05) is 28.1 Å². The van der Waals surface area contributed by atoms with E-state index < -0.39 is 0 Å². The minimum atomic E-state index is -0.0625. The van der Waals surface area contributed by atoms with Crippen molar-refractivity contribution in [2.45, 2.75) is 26.4 Å². The molecule has 0 aliphatic heterocycles. The van der Waals surface area contributed by atoms with E-state index in [0.717, 1.165) is 20.2 Å². The van der Waals surface area contributed by atoms with Gasteiger partial charge < -0.3 is 5.32 Å². The maximum absolute atomic E-state index is 12.1. The number of amides is 1. The fourth-order valence-electron chi connectivity index (χ4n) is 2.34. The van der Waals surface area contributed by atoms with Crippen LogP contribution in [-0.4, -0.2) is 25.5 Å². The van der Waals surface area contributed by atoms with Gasteiger partial charge in [-0.2, -0.15) is 10.2 Å². The van der Waals surface area contributed by atoms with Gasteiger partial charge in [0.15, 0.2) is 0 Å². The smallest absolute Gasteiger partial charge is 0.226 e. The van der Waals surface area contributed by atoms with Crippen LogP contribution in [0.2, 0.25) is 0 Å². The van der Waals surface area contributed by atoms with Crippen molar-refractivity contribution >= 4 is 43.5 Å². The van der Waals surface area contributed by atoms with Crippen LogP contribution in [0.25, 0.3) is 0 Å². The first-order valence-corrected chi connectivity index (χ1v) is 9.34. The highest BCUT2D eigenvalue weighted by atomic mass is 79.9. The number of anilines is 1. The van der Waals surface area contributed by atoms with Gasteiger partial charge in [-0.25, -0.2) is 0 Å². The van der Waals surface area contributed by atoms with Crippen LogP contribution in [0.5, 0.6) is 0 Å². The molecule has 6 nitrogen and oxygen atoms in total. The number of hydrogen-bond acceptors (Lipinski definition) is 3. The number of nitrogens with one attached hydrogen (secondary N) is 1. The summed E-state index contributed by atoms with van der Waals surface area (Å²) in [7, 11) is 0. The average Bonchev–Trinajstić information content (AvgIpc) is 3.14. The summed E-state index contributed by atoms with van der Waals surface area (Å²) in [5, 5.41) is 11.5. The minimum absolute atomic E-state index is 0.0625. The molecule has 1 N–H and O–H groups in total. The van der Waals surface area contributed by atoms with E-state index in [1.807, 2.05) is 43.6 Å². The Kier molecular flexibility index (Phi) is 5.70. The fourth-order valence-corrected chi connectivity index (χ4v) is 2.92. The number of aromatic nitrogens is 4. The lowest BCUT2D eigenvalue weighted by atomic mass is 10.2. The standard InChI is InChI=1S/C17H17Br2N5O/c1-12-16(19)11-23(22-12)7-6-17(25)21-15-8-20-24(10-15)9-13-2-4-14(18)5-3-13/h2-5,8,10-11H,6-7,9H2,1H3,(H,21,25). The summed E-state index contributed by atoms with van der Waals surface area (Å²) in [6.07, 6.45) is 5.71. The van der Waals surface area contributed by atoms with E-state index in [1.54, 1.807) is 15.6 Å². The van der Waals surface area contributed by atoms with Crippen molar-refractivity contribution in [1.82, 2.24) is 19.6 Å². The maximum atomic E-state index is 12.1. The summed E-state index contributed by atoms with van der Waals surface area (Å²) in [5.74, 6) is -0.0625. The molecule has 130 valence electrons. The van der Waals surface area contributed by atoms with Crippen LogP contribution in [0.15, 0.2) is 51.8 Å². The second kappa shape index (κ2) is 7.97. The van der Waals surface area contributed by atoms with E-state index >= 15 is 0 Å². The SMILES string of the molecule is Cc1nn(CCC(=O)Nc2cnn(Cc3ccc(Br)cc3)c2)cc1Br. The lowest BCUT2D eigenvalue weighted by molar-refractivity contribution is -0.116. The first-order chi connectivity index (χ1) is 12.0. The third-order valence-corrected chi connectivity index (χ3v) is 4.94. The topological polar surface area (TPSA) is 64.7 Å². The molecule has 2 aromatic heterocycles. The molecule has 0 saturated carbocycles. The van der Waals surface area contributed by atoms with Crippen molar-refractivity contribution in [3.8, 4) is 0 Å². The van der Waals surface area contributed by atoms with Gasteiger partial charge in [-0.15, -0.1) is 0 Å². The number of aryl methyl sites for hydroxylation is 2. The lowest BCUT2D eigenvalue weighted by Gasteiger charge is -2.03. The second-order valence-electron chi connectivity index (χ2n) is 5.68. The zero-order valence-electron chi connectivity index (χ0n) is 13.6. The molecule has 3 aromatic rings. The summed E-state index contributed by atoms with van der Waals surface area (Å²) >= 11 is 6.83. The first-order valence-electron chi connectivity index (χ1n) is 7.76. The van der Waals surface area contributed by atoms with Crippen LogP contribution in [0.1, 0.15) is 17.7 Å². The molecule has 0 aliphatic carbocycles. The largest absolute Gasteiger partial charge is 0.323 e. The Morgan fingerprint density at radius 3 is 2.60 bits per heavy atom. The molecule has 8 heteroatoms. The minimum Gasteiger partial charge on any atom is -0.323 e. The van der Waals surface area contributed by atoms with Crippen LogP contribution in [0, 0.1) is 6.92 Å². The monoisotopic (exact) mass is 465 g/mol. The Morgan fingerprint density at radius 2 is 1.92 bits per heavy atom. The van der Waals surface area contributed by atoms with E-state index in [2.05, 4.69) is 47.4 Å². The third-order valence-electron chi connectivity index (χ3n) is 3.63. The zero-order chi connectivity index (χ0) is 17.8. The zero-order valence-corrected chi connectivity index (χ0v) is 16.8. The molecule has 1 amide bonds. The molecule has 0 radical (unpaired) electrons. The highest BCUT2D eigenvalue weighted by Gasteiger charge is 2.07. The molecule has 3 rings (SSSR count). The van der Waals surface area contributed by atoms with Gasteiger partial charge in [0.25, 0.3) is 0 Å². The summed E-state index contributed by atoms with van der Waals surface area (Å²) in [5.41, 5.74) is 2.75. The molecule has 2 heterocycles. The predicted molar refractivity (Wildman–Crippen MR) is 103 cm³/mol. The normalized spacial score (nSPS) is 10.8. The number of hydrogen-bond donors (Lipinski definition) is 1. The quantitative estimate of drug-likeness (QED) is 0.597. The van der Waals surface area contributed by atoms with E-state index in [4.69, 9.17) is 0 Å². The highest BCUT2D eigenvalue weighted by Crippen LogP contribution is 2.14. The van der Waals surface area contributed by atoms with Crippen molar-refractivity contribution in [1.29, 1.82) is 0 Å². The van der Waals surface area contributed by atoms with Gasteiger partial charge in [-0.3, -0.25) is 14.2 Å². The van der Waals surface area contributed by atoms with Gasteiger partial charge in [0.2, 0.25) is 5.91 Å². The van der Waals surface area contributed by atoms with Gasteiger partial charge in [-0.05, 0) is 40.5 Å². The maximum Gasteiger partial charge on any atom is 0.226 e. The summed E-state index contributed by atoms with van der Waals surface area (Å²) in [6, 6.07) is 8.07. The number of carbonyl (C=O) groups excluding carboxylic acids is 1. The van der Waals surface area contributed by atoms with Gasteiger partial charge >= 0.3 is 0 Å². The molecular weight excluding hydrogens is 450 g/mol. The van der Waals surface area contributed by atoms with E-state index in [0.29, 0.717) is 25.2 Å². The van der Waals surface area contributed by atoms with E-state index in [-0.39, 0.29) is 5.91 Å².